The number of hydrogen-bond acceptors (Lipinski definition) is 4. The zero-order chi connectivity index (χ0) is 25.1. The number of fused-ring (bicyclic) bond motifs is 2. The molecule has 0 bridgehead atoms. The lowest BCUT2D eigenvalue weighted by atomic mass is 9.86. The summed E-state index contributed by atoms with van der Waals surface area (Å²) < 4.78 is 54.0. The van der Waals surface area contributed by atoms with E-state index in [-0.39, 0.29) is 32.1 Å². The van der Waals surface area contributed by atoms with Crippen molar-refractivity contribution in [2.24, 2.45) is 0 Å². The largest absolute Gasteiger partial charge is 0.426 e. The molecule has 1 saturated heterocycles. The lowest BCUT2D eigenvalue weighted by molar-refractivity contribution is -0.250. The first-order valence-electron chi connectivity index (χ1n) is 11.5. The first-order valence-corrected chi connectivity index (χ1v) is 11.5. The minimum atomic E-state index is -5.09. The number of aryl methyl sites for hydroxylation is 1. The Morgan fingerprint density at radius 1 is 1.23 bits per heavy atom. The van der Waals surface area contributed by atoms with Crippen LogP contribution in [0.25, 0.3) is 22.2 Å². The number of alkyl halides is 4. The summed E-state index contributed by atoms with van der Waals surface area (Å²) in [7, 11) is 0. The van der Waals surface area contributed by atoms with E-state index >= 15 is 0 Å². The molecule has 1 fully saturated rings. The molecule has 0 spiro atoms. The van der Waals surface area contributed by atoms with Crippen molar-refractivity contribution >= 4 is 16.9 Å². The van der Waals surface area contributed by atoms with Crippen LogP contribution in [0.15, 0.2) is 30.6 Å². The molecule has 0 saturated carbocycles. The highest BCUT2D eigenvalue weighted by Crippen LogP contribution is 2.38. The van der Waals surface area contributed by atoms with Crippen LogP contribution in [-0.4, -0.2) is 56.9 Å². The van der Waals surface area contributed by atoms with Gasteiger partial charge in [-0.2, -0.15) is 13.2 Å². The Morgan fingerprint density at radius 2 is 2.00 bits per heavy atom. The van der Waals surface area contributed by atoms with Gasteiger partial charge in [-0.1, -0.05) is 6.07 Å². The van der Waals surface area contributed by atoms with Gasteiger partial charge in [-0.25, -0.2) is 9.37 Å². The molecular formula is C25H26F4N4O2. The molecule has 2 aromatic heterocycles. The Labute approximate surface area is 199 Å². The number of rotatable bonds is 3. The smallest absolute Gasteiger partial charge is 0.373 e. The summed E-state index contributed by atoms with van der Waals surface area (Å²) in [5.41, 5.74) is 2.44. The van der Waals surface area contributed by atoms with Gasteiger partial charge < -0.3 is 20.3 Å². The Bertz CT molecular complexity index is 1300. The van der Waals surface area contributed by atoms with Gasteiger partial charge in [0.05, 0.1) is 0 Å². The molecule has 10 heteroatoms. The number of halogens is 4. The maximum absolute atomic E-state index is 14.1. The van der Waals surface area contributed by atoms with Crippen LogP contribution in [0.4, 0.5) is 17.6 Å². The molecule has 3 N–H and O–H groups in total. The predicted molar refractivity (Wildman–Crippen MR) is 122 cm³/mol. The molecule has 35 heavy (non-hydrogen) atoms. The van der Waals surface area contributed by atoms with Crippen molar-refractivity contribution < 1.29 is 27.5 Å². The van der Waals surface area contributed by atoms with E-state index < -0.39 is 23.9 Å². The van der Waals surface area contributed by atoms with Crippen LogP contribution in [0.2, 0.25) is 0 Å². The molecule has 5 rings (SSSR count). The third-order valence-corrected chi connectivity index (χ3v) is 7.16. The summed E-state index contributed by atoms with van der Waals surface area (Å²) in [6.45, 7) is 2.60. The fraction of sp³-hybridized carbons (Fsp3) is 0.440. The van der Waals surface area contributed by atoms with Gasteiger partial charge in [0.1, 0.15) is 11.8 Å². The number of nitrogens with one attached hydrogen (secondary N) is 2. The third kappa shape index (κ3) is 4.08. The molecule has 1 aromatic carbocycles. The minimum absolute atomic E-state index is 0.0407. The van der Waals surface area contributed by atoms with Gasteiger partial charge in [0, 0.05) is 49.0 Å². The van der Waals surface area contributed by atoms with Gasteiger partial charge in [-0.3, -0.25) is 4.79 Å². The molecular weight excluding hydrogens is 464 g/mol. The van der Waals surface area contributed by atoms with Crippen molar-refractivity contribution in [2.45, 2.75) is 57.2 Å². The van der Waals surface area contributed by atoms with E-state index in [2.05, 4.69) is 15.3 Å². The molecule has 186 valence electrons. The van der Waals surface area contributed by atoms with Crippen molar-refractivity contribution in [1.82, 2.24) is 20.2 Å². The lowest BCUT2D eigenvalue weighted by Crippen LogP contribution is -2.56. The molecule has 2 aliphatic rings. The predicted octanol–water partition coefficient (Wildman–Crippen LogP) is 4.11. The topological polar surface area (TPSA) is 81.2 Å². The number of hydrogen-bond donors (Lipinski definition) is 3. The highest BCUT2D eigenvalue weighted by atomic mass is 19.4. The minimum Gasteiger partial charge on any atom is -0.373 e. The molecule has 3 aromatic rings. The van der Waals surface area contributed by atoms with Crippen molar-refractivity contribution in [3.8, 4) is 11.1 Å². The highest BCUT2D eigenvalue weighted by molar-refractivity contribution is 5.86. The summed E-state index contributed by atoms with van der Waals surface area (Å²) in [4.78, 5) is 21.3. The Kier molecular flexibility index (Phi) is 5.63. The second-order valence-electron chi connectivity index (χ2n) is 9.64. The number of aromatic amines is 1. The molecule has 4 heterocycles. The number of H-pyrrole nitrogens is 1. The van der Waals surface area contributed by atoms with E-state index in [0.717, 1.165) is 43.8 Å². The van der Waals surface area contributed by atoms with E-state index in [1.54, 1.807) is 6.20 Å². The van der Waals surface area contributed by atoms with Crippen LogP contribution in [0.1, 0.15) is 41.6 Å². The molecule has 6 nitrogen and oxygen atoms in total. The zero-order valence-electron chi connectivity index (χ0n) is 19.3. The summed E-state index contributed by atoms with van der Waals surface area (Å²) in [5.74, 6) is -1.38. The Balaban J connectivity index is 1.56. The summed E-state index contributed by atoms with van der Waals surface area (Å²) in [5, 5.41) is 14.1. The number of benzene rings is 1. The summed E-state index contributed by atoms with van der Waals surface area (Å²) >= 11 is 0. The maximum atomic E-state index is 14.1. The first kappa shape index (κ1) is 23.7. The zero-order valence-corrected chi connectivity index (χ0v) is 19.3. The van der Waals surface area contributed by atoms with Crippen LogP contribution in [0.5, 0.6) is 0 Å². The van der Waals surface area contributed by atoms with Gasteiger partial charge >= 0.3 is 6.18 Å². The van der Waals surface area contributed by atoms with Gasteiger partial charge in [0.15, 0.2) is 0 Å². The quantitative estimate of drug-likeness (QED) is 0.483. The number of amides is 1. The number of pyridine rings is 1. The van der Waals surface area contributed by atoms with Crippen LogP contribution >= 0.6 is 0 Å². The second kappa shape index (κ2) is 8.30. The van der Waals surface area contributed by atoms with E-state index in [1.807, 2.05) is 31.3 Å². The van der Waals surface area contributed by atoms with E-state index in [0.29, 0.717) is 18.9 Å². The lowest BCUT2D eigenvalue weighted by Gasteiger charge is -2.36. The van der Waals surface area contributed by atoms with Gasteiger partial charge in [0.25, 0.3) is 5.91 Å². The van der Waals surface area contributed by atoms with Gasteiger partial charge in [-0.15, -0.1) is 0 Å². The molecule has 1 unspecified atom stereocenters. The van der Waals surface area contributed by atoms with E-state index in [9.17, 15) is 27.5 Å². The number of aliphatic hydroxyl groups is 1. The van der Waals surface area contributed by atoms with Gasteiger partial charge in [0.2, 0.25) is 5.60 Å². The Morgan fingerprint density at radius 3 is 2.69 bits per heavy atom. The molecule has 3 atom stereocenters. The van der Waals surface area contributed by atoms with Gasteiger partial charge in [-0.05, 0) is 66.6 Å². The molecule has 1 amide bonds. The number of aromatic nitrogens is 2. The summed E-state index contributed by atoms with van der Waals surface area (Å²) in [6, 6.07) is 5.58. The monoisotopic (exact) mass is 490 g/mol. The SMILES string of the molecule is Cc1c[nH]c2ncc(-c3cc4c(c([C@@H]5CC(F)CN5)c3)CN(C(=O)[C@](C)(O)C(F)(F)F)CC4)cc12. The standard InChI is InChI=1S/C25H26F4N4O2/c1-13-9-31-22-18(13)7-16(10-32-22)15-5-14-3-4-33(23(34)24(2,35)25(27,28)29)12-20(14)19(6-15)21-8-17(26)11-30-21/h5-7,9-10,17,21,30,35H,3-4,8,11-12H2,1-2H3,(H,31,32)/t17?,21-,24-/m0/s1. The van der Waals surface area contributed by atoms with Crippen LogP contribution in [-0.2, 0) is 17.8 Å². The van der Waals surface area contributed by atoms with E-state index in [1.165, 1.54) is 0 Å². The molecule has 0 radical (unpaired) electrons. The number of nitrogens with zero attached hydrogens (tertiary/aromatic N) is 2. The summed E-state index contributed by atoms with van der Waals surface area (Å²) in [6.07, 6.45) is -1.94. The van der Waals surface area contributed by atoms with Crippen molar-refractivity contribution in [2.75, 3.05) is 13.1 Å². The number of carbonyl (C=O) groups excluding carboxylic acids is 1. The van der Waals surface area contributed by atoms with E-state index in [4.69, 9.17) is 0 Å². The molecule has 2 aliphatic heterocycles. The average molecular weight is 491 g/mol. The van der Waals surface area contributed by atoms with Crippen LogP contribution in [0.3, 0.4) is 0 Å². The fourth-order valence-electron chi connectivity index (χ4n) is 5.00. The number of carbonyl (C=O) groups is 1. The second-order valence-corrected chi connectivity index (χ2v) is 9.64. The third-order valence-electron chi connectivity index (χ3n) is 7.16. The van der Waals surface area contributed by atoms with Crippen molar-refractivity contribution in [3.05, 3.63) is 52.8 Å². The first-order chi connectivity index (χ1) is 16.5. The van der Waals surface area contributed by atoms with Crippen LogP contribution < -0.4 is 5.32 Å². The maximum Gasteiger partial charge on any atom is 0.426 e. The van der Waals surface area contributed by atoms with Crippen LogP contribution in [0, 0.1) is 6.92 Å². The van der Waals surface area contributed by atoms with Crippen molar-refractivity contribution in [3.63, 3.8) is 0 Å². The molecule has 0 aliphatic carbocycles. The Hall–Kier alpha value is -2.98. The van der Waals surface area contributed by atoms with Crippen molar-refractivity contribution in [1.29, 1.82) is 0 Å². The fourth-order valence-corrected chi connectivity index (χ4v) is 5.00. The highest BCUT2D eigenvalue weighted by Gasteiger charge is 2.57. The average Bonchev–Trinajstić information content (AvgIpc) is 3.42. The normalized spacial score (nSPS) is 22.3.